The zero-order chi connectivity index (χ0) is 7.52. The molecule has 2 aromatic heterocycles. The van der Waals surface area contributed by atoms with Crippen molar-refractivity contribution in [3.63, 3.8) is 0 Å². The molecule has 53 valence electrons. The van der Waals surface area contributed by atoms with Gasteiger partial charge in [-0.15, -0.1) is 11.3 Å². The number of pyridine rings is 1. The van der Waals surface area contributed by atoms with Crippen LogP contribution in [0.3, 0.4) is 0 Å². The van der Waals surface area contributed by atoms with Crippen molar-refractivity contribution < 1.29 is 0 Å². The molecule has 2 rings (SSSR count). The Kier molecular flexibility index (Phi) is 1.65. The summed E-state index contributed by atoms with van der Waals surface area (Å²) in [7, 11) is 0. The van der Waals surface area contributed by atoms with Crippen LogP contribution >= 0.6 is 11.3 Å². The average molecular weight is 161 g/mol. The van der Waals surface area contributed by atoms with Gasteiger partial charge in [0.1, 0.15) is 5.01 Å². The summed E-state index contributed by atoms with van der Waals surface area (Å²) in [6.07, 6.45) is 6.35. The second kappa shape index (κ2) is 2.80. The van der Waals surface area contributed by atoms with Gasteiger partial charge in [-0.05, 0) is 12.1 Å². The topological polar surface area (TPSA) is 25.8 Å². The van der Waals surface area contributed by atoms with E-state index in [0.29, 0.717) is 0 Å². The van der Waals surface area contributed by atoms with Crippen LogP contribution in [-0.4, -0.2) is 9.97 Å². The van der Waals surface area contributed by atoms with E-state index < -0.39 is 0 Å². The number of thiazole rings is 1. The van der Waals surface area contributed by atoms with Crippen LogP contribution in [0.1, 0.15) is 0 Å². The molecule has 0 aromatic carbocycles. The predicted molar refractivity (Wildman–Crippen MR) is 44.2 cm³/mol. The van der Waals surface area contributed by atoms with Crippen LogP contribution in [0.4, 0.5) is 0 Å². The molecule has 2 heterocycles. The summed E-state index contributed by atoms with van der Waals surface area (Å²) in [5.41, 5.74) is 0.961. The molecule has 0 saturated heterocycles. The lowest BCUT2D eigenvalue weighted by Gasteiger charge is -1.90. The molecule has 2 nitrogen and oxygen atoms in total. The molecule has 0 spiro atoms. The van der Waals surface area contributed by atoms with Crippen LogP contribution in [0.15, 0.2) is 29.9 Å². The number of rotatable bonds is 1. The smallest absolute Gasteiger partial charge is 0.125 e. The van der Waals surface area contributed by atoms with E-state index in [0.717, 1.165) is 10.6 Å². The van der Waals surface area contributed by atoms with E-state index in [1.54, 1.807) is 23.7 Å². The van der Waals surface area contributed by atoms with Gasteiger partial charge in [-0.25, -0.2) is 4.98 Å². The SMILES string of the molecule is [c]1ncccc1-c1nccs1. The highest BCUT2D eigenvalue weighted by Crippen LogP contribution is 2.18. The monoisotopic (exact) mass is 161 g/mol. The molecular formula is C8H5N2S. The van der Waals surface area contributed by atoms with Gasteiger partial charge in [-0.1, -0.05) is 0 Å². The molecule has 3 heteroatoms. The van der Waals surface area contributed by atoms with E-state index in [4.69, 9.17) is 0 Å². The largest absolute Gasteiger partial charge is 0.254 e. The zero-order valence-corrected chi connectivity index (χ0v) is 6.51. The van der Waals surface area contributed by atoms with Crippen LogP contribution in [0.5, 0.6) is 0 Å². The molecule has 0 aliphatic rings. The Balaban J connectivity index is 2.46. The maximum absolute atomic E-state index is 4.13. The predicted octanol–water partition coefficient (Wildman–Crippen LogP) is 2.01. The van der Waals surface area contributed by atoms with E-state index in [-0.39, 0.29) is 0 Å². The summed E-state index contributed by atoms with van der Waals surface area (Å²) in [4.78, 5) is 8.02. The Labute approximate surface area is 68.6 Å². The fraction of sp³-hybridized carbons (Fsp3) is 0. The zero-order valence-electron chi connectivity index (χ0n) is 5.69. The van der Waals surface area contributed by atoms with E-state index in [1.807, 2.05) is 17.5 Å². The van der Waals surface area contributed by atoms with Gasteiger partial charge in [0.15, 0.2) is 0 Å². The lowest BCUT2D eigenvalue weighted by atomic mass is 10.3. The van der Waals surface area contributed by atoms with Gasteiger partial charge in [0.05, 0.1) is 6.20 Å². The third kappa shape index (κ3) is 1.28. The summed E-state index contributed by atoms with van der Waals surface area (Å²) in [5, 5.41) is 2.91. The highest BCUT2D eigenvalue weighted by molar-refractivity contribution is 7.13. The Morgan fingerprint density at radius 2 is 2.36 bits per heavy atom. The summed E-state index contributed by atoms with van der Waals surface area (Å²) in [6, 6.07) is 3.83. The maximum Gasteiger partial charge on any atom is 0.125 e. The first kappa shape index (κ1) is 6.49. The lowest BCUT2D eigenvalue weighted by molar-refractivity contribution is 1.30. The Bertz CT molecular complexity index is 315. The minimum atomic E-state index is 0.961. The third-order valence-corrected chi connectivity index (χ3v) is 2.08. The summed E-state index contributed by atoms with van der Waals surface area (Å²) in [6.45, 7) is 0. The number of hydrogen-bond acceptors (Lipinski definition) is 3. The lowest BCUT2D eigenvalue weighted by Crippen LogP contribution is -1.76. The quantitative estimate of drug-likeness (QED) is 0.639. The van der Waals surface area contributed by atoms with Crippen LogP contribution in [0.25, 0.3) is 10.6 Å². The Morgan fingerprint density at radius 3 is 3.00 bits per heavy atom. The van der Waals surface area contributed by atoms with E-state index in [2.05, 4.69) is 16.2 Å². The minimum Gasteiger partial charge on any atom is -0.254 e. The van der Waals surface area contributed by atoms with Crippen LogP contribution in [0, 0.1) is 6.20 Å². The summed E-state index contributed by atoms with van der Waals surface area (Å²) in [5.74, 6) is 0. The molecule has 0 fully saturated rings. The highest BCUT2D eigenvalue weighted by Gasteiger charge is 1.97. The molecule has 0 N–H and O–H groups in total. The Morgan fingerprint density at radius 1 is 1.36 bits per heavy atom. The molecule has 0 amide bonds. The number of nitrogens with zero attached hydrogens (tertiary/aromatic N) is 2. The molecule has 0 unspecified atom stereocenters. The second-order valence-electron chi connectivity index (χ2n) is 2.00. The maximum atomic E-state index is 4.13. The molecular weight excluding hydrogens is 156 g/mol. The van der Waals surface area contributed by atoms with Crippen molar-refractivity contribution in [1.29, 1.82) is 0 Å². The molecule has 0 saturated carbocycles. The summed E-state index contributed by atoms with van der Waals surface area (Å²) < 4.78 is 0. The van der Waals surface area contributed by atoms with Gasteiger partial charge >= 0.3 is 0 Å². The molecule has 0 aliphatic carbocycles. The van der Waals surface area contributed by atoms with Crippen LogP contribution in [0.2, 0.25) is 0 Å². The van der Waals surface area contributed by atoms with Crippen LogP contribution < -0.4 is 0 Å². The molecule has 1 radical (unpaired) electrons. The van der Waals surface area contributed by atoms with E-state index in [1.165, 1.54) is 0 Å². The first-order chi connectivity index (χ1) is 5.47. The normalized spacial score (nSPS) is 9.82. The van der Waals surface area contributed by atoms with Crippen molar-refractivity contribution in [2.45, 2.75) is 0 Å². The van der Waals surface area contributed by atoms with Crippen molar-refractivity contribution in [2.75, 3.05) is 0 Å². The van der Waals surface area contributed by atoms with Gasteiger partial charge in [-0.2, -0.15) is 0 Å². The third-order valence-electron chi connectivity index (χ3n) is 1.27. The molecule has 11 heavy (non-hydrogen) atoms. The fourth-order valence-electron chi connectivity index (χ4n) is 0.802. The van der Waals surface area contributed by atoms with Crippen LogP contribution in [-0.2, 0) is 0 Å². The fourth-order valence-corrected chi connectivity index (χ4v) is 1.41. The van der Waals surface area contributed by atoms with Crippen molar-refractivity contribution >= 4 is 11.3 Å². The van der Waals surface area contributed by atoms with Gasteiger partial charge < -0.3 is 0 Å². The van der Waals surface area contributed by atoms with Crippen molar-refractivity contribution in [3.8, 4) is 10.6 Å². The first-order valence-corrected chi connectivity index (χ1v) is 4.07. The first-order valence-electron chi connectivity index (χ1n) is 3.19. The molecule has 0 aliphatic heterocycles. The standard InChI is InChI=1S/C8H5N2S/c1-2-7(6-9-3-1)8-10-4-5-11-8/h1-5H. The van der Waals surface area contributed by atoms with Gasteiger partial charge in [0, 0.05) is 23.3 Å². The van der Waals surface area contributed by atoms with Crippen molar-refractivity contribution in [2.24, 2.45) is 0 Å². The van der Waals surface area contributed by atoms with Gasteiger partial charge in [-0.3, -0.25) is 4.98 Å². The molecule has 2 aromatic rings. The summed E-state index contributed by atoms with van der Waals surface area (Å²) >= 11 is 1.59. The molecule has 0 atom stereocenters. The average Bonchev–Trinajstić information content (AvgIpc) is 2.58. The second-order valence-corrected chi connectivity index (χ2v) is 2.89. The van der Waals surface area contributed by atoms with Crippen molar-refractivity contribution in [3.05, 3.63) is 36.1 Å². The van der Waals surface area contributed by atoms with Gasteiger partial charge in [0.2, 0.25) is 0 Å². The van der Waals surface area contributed by atoms with E-state index >= 15 is 0 Å². The highest BCUT2D eigenvalue weighted by atomic mass is 32.1. The van der Waals surface area contributed by atoms with E-state index in [9.17, 15) is 0 Å². The number of hydrogen-bond donors (Lipinski definition) is 0. The minimum absolute atomic E-state index is 0.961. The van der Waals surface area contributed by atoms with Crippen molar-refractivity contribution in [1.82, 2.24) is 9.97 Å². The number of aromatic nitrogens is 2. The molecule has 0 bridgehead atoms. The van der Waals surface area contributed by atoms with Gasteiger partial charge in [0.25, 0.3) is 0 Å². The Hall–Kier alpha value is -1.22.